The molecule has 2 aliphatic rings. The summed E-state index contributed by atoms with van der Waals surface area (Å²) in [6.07, 6.45) is -10.3. The third-order valence-electron chi connectivity index (χ3n) is 6.93. The Hall–Kier alpha value is -5.14. The summed E-state index contributed by atoms with van der Waals surface area (Å²) in [5.74, 6) is -7.36. The average Bonchev–Trinajstić information content (AvgIpc) is 3.57. The largest absolute Gasteiger partial charge is 0.497 e. The van der Waals surface area contributed by atoms with E-state index in [1.54, 1.807) is 7.11 Å². The molecule has 0 bridgehead atoms. The Labute approximate surface area is 277 Å². The zero-order chi connectivity index (χ0) is 37.9. The second-order valence-electron chi connectivity index (χ2n) is 10.5. The number of alkyl halides is 9. The van der Waals surface area contributed by atoms with Gasteiger partial charge in [0, 0.05) is 37.4 Å². The summed E-state index contributed by atoms with van der Waals surface area (Å²) < 4.78 is 100. The molecule has 11 nitrogen and oxygen atoms in total. The van der Waals surface area contributed by atoms with Gasteiger partial charge in [0.25, 0.3) is 0 Å². The number of likely N-dealkylation sites (tertiary alicyclic amines) is 1. The lowest BCUT2D eigenvalue weighted by atomic mass is 9.85. The summed E-state index contributed by atoms with van der Waals surface area (Å²) in [4.78, 5) is 41.1. The van der Waals surface area contributed by atoms with Crippen molar-refractivity contribution in [3.05, 3.63) is 83.9 Å². The standard InChI is InChI=1S/C24H26N4O.3C2HF3O2/c1-29-21-9-7-19(8-10-21)15-27-14-11-24(17-27)18-28(16-20-5-2-3-12-25-20)22-6-4-13-26-23(22)24;3*3-2(4,5)1(6)7/h2-10,12-13H,11,14-18H2,1H3;3*(H,6,7). The zero-order valence-electron chi connectivity index (χ0n) is 25.8. The molecule has 0 saturated carbocycles. The molecule has 50 heavy (non-hydrogen) atoms. The van der Waals surface area contributed by atoms with E-state index in [-0.39, 0.29) is 5.41 Å². The fourth-order valence-electron chi connectivity index (χ4n) is 4.82. The highest BCUT2D eigenvalue weighted by Crippen LogP contribution is 2.45. The first-order valence-electron chi connectivity index (χ1n) is 13.9. The van der Waals surface area contributed by atoms with E-state index >= 15 is 0 Å². The van der Waals surface area contributed by atoms with Crippen molar-refractivity contribution in [2.45, 2.75) is 43.5 Å². The van der Waals surface area contributed by atoms with Crippen molar-refractivity contribution in [3.63, 3.8) is 0 Å². The predicted octanol–water partition coefficient (Wildman–Crippen LogP) is 5.55. The number of carboxylic acid groups (broad SMARTS) is 3. The number of aliphatic carboxylic acids is 3. The van der Waals surface area contributed by atoms with Crippen molar-refractivity contribution in [1.29, 1.82) is 0 Å². The van der Waals surface area contributed by atoms with Crippen LogP contribution in [-0.4, -0.2) is 93.4 Å². The zero-order valence-corrected chi connectivity index (χ0v) is 25.8. The third-order valence-corrected chi connectivity index (χ3v) is 6.93. The first kappa shape index (κ1) is 41.0. The molecule has 274 valence electrons. The van der Waals surface area contributed by atoms with Gasteiger partial charge in [-0.25, -0.2) is 14.4 Å². The highest BCUT2D eigenvalue weighted by Gasteiger charge is 2.48. The van der Waals surface area contributed by atoms with E-state index < -0.39 is 36.4 Å². The van der Waals surface area contributed by atoms with Crippen molar-refractivity contribution in [3.8, 4) is 5.75 Å². The number of pyridine rings is 2. The lowest BCUT2D eigenvalue weighted by Gasteiger charge is -2.26. The topological polar surface area (TPSA) is 153 Å². The van der Waals surface area contributed by atoms with Gasteiger partial charge in [-0.3, -0.25) is 14.9 Å². The van der Waals surface area contributed by atoms with Crippen molar-refractivity contribution in [2.75, 3.05) is 31.6 Å². The first-order valence-corrected chi connectivity index (χ1v) is 13.9. The summed E-state index contributed by atoms with van der Waals surface area (Å²) in [5.41, 5.74) is 5.06. The van der Waals surface area contributed by atoms with Gasteiger partial charge in [-0.15, -0.1) is 0 Å². The van der Waals surface area contributed by atoms with Crippen LogP contribution in [0.1, 0.15) is 23.4 Å². The van der Waals surface area contributed by atoms with E-state index in [1.165, 1.54) is 16.9 Å². The van der Waals surface area contributed by atoms with Gasteiger partial charge in [0.2, 0.25) is 0 Å². The minimum atomic E-state index is -5.08. The third kappa shape index (κ3) is 12.4. The summed E-state index contributed by atoms with van der Waals surface area (Å²) in [5, 5.41) is 21.4. The summed E-state index contributed by atoms with van der Waals surface area (Å²) in [7, 11) is 1.71. The Morgan fingerprint density at radius 1 is 0.740 bits per heavy atom. The highest BCUT2D eigenvalue weighted by molar-refractivity contribution is 5.73. The number of aromatic nitrogens is 2. The number of nitrogens with zero attached hydrogens (tertiary/aromatic N) is 4. The number of ether oxygens (including phenoxy) is 1. The summed E-state index contributed by atoms with van der Waals surface area (Å²) >= 11 is 0. The molecular weight excluding hydrogens is 699 g/mol. The molecule has 5 rings (SSSR count). The van der Waals surface area contributed by atoms with Crippen LogP contribution in [0.5, 0.6) is 5.75 Å². The predicted molar refractivity (Wildman–Crippen MR) is 155 cm³/mol. The maximum atomic E-state index is 10.6. The second kappa shape index (κ2) is 17.0. The molecule has 1 unspecified atom stereocenters. The number of rotatable bonds is 5. The van der Waals surface area contributed by atoms with Crippen LogP contribution in [0.3, 0.4) is 0 Å². The van der Waals surface area contributed by atoms with Crippen LogP contribution >= 0.6 is 0 Å². The molecule has 0 radical (unpaired) electrons. The highest BCUT2D eigenvalue weighted by atomic mass is 19.4. The van der Waals surface area contributed by atoms with Gasteiger partial charge >= 0.3 is 36.4 Å². The van der Waals surface area contributed by atoms with E-state index in [9.17, 15) is 39.5 Å². The number of carboxylic acids is 3. The molecule has 3 aromatic rings. The lowest BCUT2D eigenvalue weighted by Crippen LogP contribution is -2.36. The SMILES string of the molecule is COc1ccc(CN2CCC3(C2)CN(Cc2ccccn2)c2cccnc23)cc1.O=C(O)C(F)(F)F.O=C(O)C(F)(F)F.O=C(O)C(F)(F)F. The Kier molecular flexibility index (Phi) is 13.9. The normalized spacial score (nSPS) is 16.9. The van der Waals surface area contributed by atoms with Crippen LogP contribution in [0.15, 0.2) is 67.0 Å². The number of fused-ring (bicyclic) bond motifs is 2. The first-order chi connectivity index (χ1) is 23.1. The number of halogens is 9. The molecule has 1 aromatic carbocycles. The lowest BCUT2D eigenvalue weighted by molar-refractivity contribution is -0.193. The summed E-state index contributed by atoms with van der Waals surface area (Å²) in [6.45, 7) is 4.95. The Morgan fingerprint density at radius 2 is 1.26 bits per heavy atom. The minimum absolute atomic E-state index is 0.109. The van der Waals surface area contributed by atoms with Crippen LogP contribution < -0.4 is 9.64 Å². The van der Waals surface area contributed by atoms with E-state index in [4.69, 9.17) is 39.4 Å². The monoisotopic (exact) mass is 728 g/mol. The maximum absolute atomic E-state index is 10.6. The molecule has 4 heterocycles. The Balaban J connectivity index is 0.000000338. The molecular formula is C30H29F9N4O7. The average molecular weight is 729 g/mol. The Morgan fingerprint density at radius 3 is 1.72 bits per heavy atom. The van der Waals surface area contributed by atoms with Gasteiger partial charge in [0.1, 0.15) is 5.75 Å². The number of anilines is 1. The van der Waals surface area contributed by atoms with Gasteiger partial charge in [-0.2, -0.15) is 39.5 Å². The van der Waals surface area contributed by atoms with Gasteiger partial charge in [0.15, 0.2) is 0 Å². The Bertz CT molecular complexity index is 1510. The molecule has 2 aromatic heterocycles. The molecule has 0 aliphatic carbocycles. The van der Waals surface area contributed by atoms with Gasteiger partial charge in [-0.1, -0.05) is 18.2 Å². The van der Waals surface area contributed by atoms with Crippen molar-refractivity contribution < 1.29 is 74.0 Å². The van der Waals surface area contributed by atoms with Crippen LogP contribution in [0.4, 0.5) is 45.2 Å². The molecule has 1 atom stereocenters. The molecule has 3 N–H and O–H groups in total. The number of carbonyl (C=O) groups is 3. The van der Waals surface area contributed by atoms with Gasteiger partial charge in [0.05, 0.1) is 30.7 Å². The summed E-state index contributed by atoms with van der Waals surface area (Å²) in [6, 6.07) is 18.8. The van der Waals surface area contributed by atoms with Crippen molar-refractivity contribution in [1.82, 2.24) is 14.9 Å². The molecule has 1 spiro atoms. The number of hydrogen-bond acceptors (Lipinski definition) is 8. The van der Waals surface area contributed by atoms with Crippen molar-refractivity contribution >= 4 is 23.6 Å². The molecule has 1 saturated heterocycles. The van der Waals surface area contributed by atoms with Gasteiger partial charge in [-0.05, 0) is 54.9 Å². The minimum Gasteiger partial charge on any atom is -0.497 e. The van der Waals surface area contributed by atoms with E-state index in [2.05, 4.69) is 45.1 Å². The van der Waals surface area contributed by atoms with E-state index in [1.807, 2.05) is 36.7 Å². The molecule has 20 heteroatoms. The van der Waals surface area contributed by atoms with Crippen LogP contribution in [0, 0.1) is 0 Å². The van der Waals surface area contributed by atoms with Crippen LogP contribution in [0.25, 0.3) is 0 Å². The fraction of sp³-hybridized carbons (Fsp3) is 0.367. The number of hydrogen-bond donors (Lipinski definition) is 3. The smallest absolute Gasteiger partial charge is 0.490 e. The molecule has 1 fully saturated rings. The number of benzene rings is 1. The van der Waals surface area contributed by atoms with Crippen molar-refractivity contribution in [2.24, 2.45) is 0 Å². The molecule has 0 amide bonds. The fourth-order valence-corrected chi connectivity index (χ4v) is 4.82. The molecule has 2 aliphatic heterocycles. The van der Waals surface area contributed by atoms with E-state index in [0.717, 1.165) is 50.6 Å². The quantitative estimate of drug-likeness (QED) is 0.284. The maximum Gasteiger partial charge on any atom is 0.490 e. The van der Waals surface area contributed by atoms with Crippen LogP contribution in [-0.2, 0) is 32.9 Å². The van der Waals surface area contributed by atoms with Crippen LogP contribution in [0.2, 0.25) is 0 Å². The number of methoxy groups -OCH3 is 1. The van der Waals surface area contributed by atoms with E-state index in [0.29, 0.717) is 0 Å². The second-order valence-corrected chi connectivity index (χ2v) is 10.5. The van der Waals surface area contributed by atoms with Gasteiger partial charge < -0.3 is 25.0 Å².